The molecular weight excluding hydrogens is 387 g/mol. The third-order valence-corrected chi connectivity index (χ3v) is 5.48. The van der Waals surface area contributed by atoms with Crippen molar-refractivity contribution < 1.29 is 18.0 Å². The van der Waals surface area contributed by atoms with Crippen LogP contribution in [0.1, 0.15) is 35.2 Å². The van der Waals surface area contributed by atoms with Crippen molar-refractivity contribution in [2.75, 3.05) is 30.7 Å². The van der Waals surface area contributed by atoms with Crippen molar-refractivity contribution >= 4 is 23.4 Å². The molecular formula is C20H22F3N3OS. The van der Waals surface area contributed by atoms with Gasteiger partial charge in [-0.2, -0.15) is 13.2 Å². The van der Waals surface area contributed by atoms with Crippen LogP contribution in [-0.2, 0) is 6.18 Å². The Hall–Kier alpha value is -2.06. The van der Waals surface area contributed by atoms with Gasteiger partial charge in [0, 0.05) is 24.2 Å². The Labute approximate surface area is 166 Å². The monoisotopic (exact) mass is 409 g/mol. The highest BCUT2D eigenvalue weighted by Gasteiger charge is 2.30. The van der Waals surface area contributed by atoms with Crippen molar-refractivity contribution in [3.63, 3.8) is 0 Å². The zero-order chi connectivity index (χ0) is 20.0. The lowest BCUT2D eigenvalue weighted by Crippen LogP contribution is -2.31. The number of rotatable bonds is 6. The number of alkyl halides is 3. The fraction of sp³-hybridized carbons (Fsp3) is 0.400. The number of carbonyl (C=O) groups is 1. The van der Waals surface area contributed by atoms with E-state index in [2.05, 4.69) is 15.2 Å². The summed E-state index contributed by atoms with van der Waals surface area (Å²) in [6, 6.07) is 7.97. The molecule has 1 saturated heterocycles. The molecule has 0 atom stereocenters. The zero-order valence-corrected chi connectivity index (χ0v) is 16.2. The van der Waals surface area contributed by atoms with Crippen molar-refractivity contribution in [2.45, 2.75) is 30.5 Å². The first-order valence-electron chi connectivity index (χ1n) is 9.22. The van der Waals surface area contributed by atoms with Crippen LogP contribution in [0.25, 0.3) is 0 Å². The highest BCUT2D eigenvalue weighted by atomic mass is 32.2. The van der Waals surface area contributed by atoms with Gasteiger partial charge in [0.25, 0.3) is 5.91 Å². The molecule has 1 fully saturated rings. The second-order valence-electron chi connectivity index (χ2n) is 6.67. The van der Waals surface area contributed by atoms with Crippen molar-refractivity contribution in [3.05, 3.63) is 53.7 Å². The molecule has 4 nitrogen and oxygen atoms in total. The van der Waals surface area contributed by atoms with E-state index in [4.69, 9.17) is 0 Å². The number of anilines is 1. The molecule has 0 spiro atoms. The lowest BCUT2D eigenvalue weighted by molar-refractivity contribution is -0.137. The molecule has 1 aliphatic heterocycles. The normalized spacial score (nSPS) is 15.4. The number of hydrogen-bond donors (Lipinski definition) is 1. The van der Waals surface area contributed by atoms with E-state index in [-0.39, 0.29) is 5.69 Å². The van der Waals surface area contributed by atoms with Crippen molar-refractivity contribution in [2.24, 2.45) is 0 Å². The number of nitrogens with one attached hydrogen (secondary N) is 1. The number of thioether (sulfide) groups is 1. The van der Waals surface area contributed by atoms with E-state index >= 15 is 0 Å². The van der Waals surface area contributed by atoms with Crippen LogP contribution in [0.5, 0.6) is 0 Å². The van der Waals surface area contributed by atoms with E-state index in [0.717, 1.165) is 42.5 Å². The first-order chi connectivity index (χ1) is 13.4. The van der Waals surface area contributed by atoms with E-state index in [1.165, 1.54) is 37.6 Å². The largest absolute Gasteiger partial charge is 0.416 e. The average molecular weight is 409 g/mol. The van der Waals surface area contributed by atoms with E-state index < -0.39 is 17.6 Å². The second-order valence-corrected chi connectivity index (χ2v) is 7.78. The lowest BCUT2D eigenvalue weighted by Gasteiger charge is -2.25. The minimum Gasteiger partial charge on any atom is -0.322 e. The molecule has 1 amide bonds. The minimum absolute atomic E-state index is 0.0970. The number of likely N-dealkylation sites (tertiary alicyclic amines) is 1. The van der Waals surface area contributed by atoms with Crippen LogP contribution in [0.2, 0.25) is 0 Å². The summed E-state index contributed by atoms with van der Waals surface area (Å²) in [7, 11) is 0. The summed E-state index contributed by atoms with van der Waals surface area (Å²) in [5.74, 6) is 0.444. The smallest absolute Gasteiger partial charge is 0.322 e. The van der Waals surface area contributed by atoms with Gasteiger partial charge < -0.3 is 10.2 Å². The van der Waals surface area contributed by atoms with E-state index in [9.17, 15) is 18.0 Å². The van der Waals surface area contributed by atoms with Gasteiger partial charge in [0.15, 0.2) is 0 Å². The number of halogens is 3. The molecule has 2 heterocycles. The molecule has 150 valence electrons. The van der Waals surface area contributed by atoms with Gasteiger partial charge in [-0.05, 0) is 56.3 Å². The van der Waals surface area contributed by atoms with Gasteiger partial charge >= 0.3 is 6.18 Å². The molecule has 3 rings (SSSR count). The number of aromatic nitrogens is 1. The van der Waals surface area contributed by atoms with Crippen LogP contribution in [0, 0.1) is 0 Å². The van der Waals surface area contributed by atoms with Gasteiger partial charge in [-0.25, -0.2) is 4.98 Å². The summed E-state index contributed by atoms with van der Waals surface area (Å²) in [5, 5.41) is 3.31. The van der Waals surface area contributed by atoms with Gasteiger partial charge in [0.1, 0.15) is 0 Å². The van der Waals surface area contributed by atoms with Gasteiger partial charge in [0.2, 0.25) is 0 Å². The summed E-state index contributed by atoms with van der Waals surface area (Å²) in [6.45, 7) is 3.33. The molecule has 0 bridgehead atoms. The standard InChI is InChI=1S/C20H22F3N3OS/c21-20(22,23)16-5-4-6-17(13-16)25-19(27)15-7-8-18(24-14-15)28-12-11-26-9-2-1-3-10-26/h4-8,13-14H,1-3,9-12H2,(H,25,27). The Morgan fingerprint density at radius 2 is 1.93 bits per heavy atom. The lowest BCUT2D eigenvalue weighted by atomic mass is 10.1. The van der Waals surface area contributed by atoms with E-state index in [1.807, 2.05) is 0 Å². The number of carbonyl (C=O) groups excluding carboxylic acids is 1. The molecule has 0 saturated carbocycles. The van der Waals surface area contributed by atoms with Gasteiger partial charge in [0.05, 0.1) is 16.2 Å². The maximum atomic E-state index is 12.8. The molecule has 1 aliphatic rings. The Bertz CT molecular complexity index is 790. The van der Waals surface area contributed by atoms with E-state index in [0.29, 0.717) is 5.56 Å². The Morgan fingerprint density at radius 3 is 2.61 bits per heavy atom. The van der Waals surface area contributed by atoms with Crippen molar-refractivity contribution in [3.8, 4) is 0 Å². The Kier molecular flexibility index (Phi) is 6.96. The zero-order valence-electron chi connectivity index (χ0n) is 15.3. The van der Waals surface area contributed by atoms with Crippen LogP contribution in [-0.4, -0.2) is 41.2 Å². The first kappa shape index (κ1) is 20.7. The molecule has 2 aromatic rings. The second kappa shape index (κ2) is 9.43. The molecule has 0 radical (unpaired) electrons. The number of nitrogens with zero attached hydrogens (tertiary/aromatic N) is 2. The summed E-state index contributed by atoms with van der Waals surface area (Å²) in [6.07, 6.45) is 0.841. The Morgan fingerprint density at radius 1 is 1.14 bits per heavy atom. The molecule has 0 unspecified atom stereocenters. The molecule has 1 N–H and O–H groups in total. The van der Waals surface area contributed by atoms with Gasteiger partial charge in [-0.3, -0.25) is 4.79 Å². The SMILES string of the molecule is O=C(Nc1cccc(C(F)(F)F)c1)c1ccc(SCCN2CCCCC2)nc1. The maximum Gasteiger partial charge on any atom is 0.416 e. The third-order valence-electron chi connectivity index (χ3n) is 4.55. The van der Waals surface area contributed by atoms with Gasteiger partial charge in [-0.15, -0.1) is 11.8 Å². The molecule has 0 aliphatic carbocycles. The van der Waals surface area contributed by atoms with Crippen LogP contribution >= 0.6 is 11.8 Å². The Balaban J connectivity index is 1.52. The topological polar surface area (TPSA) is 45.2 Å². The van der Waals surface area contributed by atoms with Crippen molar-refractivity contribution in [1.29, 1.82) is 0 Å². The van der Waals surface area contributed by atoms with Crippen LogP contribution < -0.4 is 5.32 Å². The fourth-order valence-electron chi connectivity index (χ4n) is 3.04. The highest BCUT2D eigenvalue weighted by molar-refractivity contribution is 7.99. The maximum absolute atomic E-state index is 12.8. The number of hydrogen-bond acceptors (Lipinski definition) is 4. The molecule has 8 heteroatoms. The third kappa shape index (κ3) is 5.97. The van der Waals surface area contributed by atoms with Crippen LogP contribution in [0.4, 0.5) is 18.9 Å². The summed E-state index contributed by atoms with van der Waals surface area (Å²) < 4.78 is 38.3. The number of piperidine rings is 1. The predicted molar refractivity (Wildman–Crippen MR) is 105 cm³/mol. The fourth-order valence-corrected chi connectivity index (χ4v) is 3.89. The molecule has 1 aromatic heterocycles. The average Bonchev–Trinajstić information content (AvgIpc) is 2.69. The molecule has 28 heavy (non-hydrogen) atoms. The summed E-state index contributed by atoms with van der Waals surface area (Å²) in [5.41, 5.74) is -0.401. The van der Waals surface area contributed by atoms with Crippen LogP contribution in [0.3, 0.4) is 0 Å². The minimum atomic E-state index is -4.45. The number of benzene rings is 1. The van der Waals surface area contributed by atoms with Gasteiger partial charge in [-0.1, -0.05) is 12.5 Å². The van der Waals surface area contributed by atoms with E-state index in [1.54, 1.807) is 23.9 Å². The van der Waals surface area contributed by atoms with Crippen molar-refractivity contribution in [1.82, 2.24) is 9.88 Å². The van der Waals surface area contributed by atoms with Crippen LogP contribution in [0.15, 0.2) is 47.6 Å². The highest BCUT2D eigenvalue weighted by Crippen LogP contribution is 2.30. The number of pyridine rings is 1. The summed E-state index contributed by atoms with van der Waals surface area (Å²) in [4.78, 5) is 19.0. The first-order valence-corrected chi connectivity index (χ1v) is 10.2. The quantitative estimate of drug-likeness (QED) is 0.687. The molecule has 1 aromatic carbocycles. The summed E-state index contributed by atoms with van der Waals surface area (Å²) >= 11 is 1.63. The number of amides is 1. The predicted octanol–water partition coefficient (Wildman–Crippen LogP) is 4.93.